The normalized spacial score (nSPS) is 19.5. The number of allylic oxidation sites excluding steroid dienone is 1. The number of benzene rings is 1. The Morgan fingerprint density at radius 1 is 1.29 bits per heavy atom. The third-order valence-corrected chi connectivity index (χ3v) is 2.95. The van der Waals surface area contributed by atoms with Crippen LogP contribution in [0.15, 0.2) is 36.2 Å². The summed E-state index contributed by atoms with van der Waals surface area (Å²) in [6.07, 6.45) is 0.751. The van der Waals surface area contributed by atoms with Crippen LogP contribution >= 0.6 is 0 Å². The Balaban J connectivity index is 2.57. The van der Waals surface area contributed by atoms with Crippen LogP contribution in [0, 0.1) is 0 Å². The second-order valence-electron chi connectivity index (χ2n) is 4.33. The van der Waals surface area contributed by atoms with E-state index in [0.717, 1.165) is 0 Å². The van der Waals surface area contributed by atoms with Gasteiger partial charge in [0.2, 0.25) is 0 Å². The Labute approximate surface area is 101 Å². The highest BCUT2D eigenvalue weighted by Crippen LogP contribution is 2.28. The Hall–Kier alpha value is -1.81. The molecule has 0 spiro atoms. The molecule has 1 unspecified atom stereocenters. The number of fused-ring (bicyclic) bond motifs is 1. The maximum atomic E-state index is 12.1. The molecule has 0 radical (unpaired) electrons. The molecular formula is C13H16N2O2. The molecule has 4 heteroatoms. The van der Waals surface area contributed by atoms with Gasteiger partial charge >= 0.3 is 0 Å². The number of aliphatic hydroxyl groups is 1. The van der Waals surface area contributed by atoms with Crippen LogP contribution in [0.1, 0.15) is 22.1 Å². The van der Waals surface area contributed by atoms with Crippen LogP contribution in [0.4, 0.5) is 0 Å². The van der Waals surface area contributed by atoms with Gasteiger partial charge in [0.05, 0.1) is 0 Å². The van der Waals surface area contributed by atoms with E-state index < -0.39 is 6.23 Å². The molecule has 0 fully saturated rings. The minimum absolute atomic E-state index is 0.0762. The lowest BCUT2D eigenvalue weighted by molar-refractivity contribution is 0.0288. The van der Waals surface area contributed by atoms with Crippen LogP contribution in [0.2, 0.25) is 0 Å². The van der Waals surface area contributed by atoms with Crippen molar-refractivity contribution < 1.29 is 9.90 Å². The van der Waals surface area contributed by atoms with E-state index in [1.54, 1.807) is 36.2 Å². The molecule has 1 N–H and O–H groups in total. The van der Waals surface area contributed by atoms with Crippen molar-refractivity contribution >= 4 is 5.78 Å². The predicted molar refractivity (Wildman–Crippen MR) is 65.3 cm³/mol. The Kier molecular flexibility index (Phi) is 2.90. The quantitative estimate of drug-likeness (QED) is 0.790. The monoisotopic (exact) mass is 232 g/mol. The zero-order valence-corrected chi connectivity index (χ0v) is 10.2. The molecule has 1 aliphatic heterocycles. The summed E-state index contributed by atoms with van der Waals surface area (Å²) in [4.78, 5) is 15.6. The summed E-state index contributed by atoms with van der Waals surface area (Å²) in [5.41, 5.74) is 1.21. The van der Waals surface area contributed by atoms with Gasteiger partial charge in [-0.3, -0.25) is 4.79 Å². The molecule has 17 heavy (non-hydrogen) atoms. The smallest absolute Gasteiger partial charge is 0.189 e. The Morgan fingerprint density at radius 3 is 2.59 bits per heavy atom. The van der Waals surface area contributed by atoms with Crippen LogP contribution in [0.3, 0.4) is 0 Å². The van der Waals surface area contributed by atoms with Gasteiger partial charge in [0.1, 0.15) is 5.82 Å². The van der Waals surface area contributed by atoms with Gasteiger partial charge in [0, 0.05) is 38.3 Å². The summed E-state index contributed by atoms with van der Waals surface area (Å²) in [6.45, 7) is 0. The number of nitrogens with zero attached hydrogens (tertiary/aromatic N) is 2. The van der Waals surface area contributed by atoms with E-state index in [4.69, 9.17) is 0 Å². The highest BCUT2D eigenvalue weighted by atomic mass is 16.3. The summed E-state index contributed by atoms with van der Waals surface area (Å²) in [5, 5.41) is 10.3. The first-order chi connectivity index (χ1) is 8.02. The van der Waals surface area contributed by atoms with Gasteiger partial charge in [-0.2, -0.15) is 0 Å². The lowest BCUT2D eigenvalue weighted by Gasteiger charge is -2.30. The molecule has 1 aliphatic rings. The fraction of sp³-hybridized carbons (Fsp3) is 0.308. The molecule has 4 nitrogen and oxygen atoms in total. The van der Waals surface area contributed by atoms with Gasteiger partial charge in [-0.15, -0.1) is 0 Å². The molecule has 0 bridgehead atoms. The maximum Gasteiger partial charge on any atom is 0.189 e. The van der Waals surface area contributed by atoms with E-state index >= 15 is 0 Å². The summed E-state index contributed by atoms with van der Waals surface area (Å²) in [6, 6.07) is 7.15. The molecular weight excluding hydrogens is 216 g/mol. The van der Waals surface area contributed by atoms with Crippen molar-refractivity contribution in [2.45, 2.75) is 6.23 Å². The summed E-state index contributed by atoms with van der Waals surface area (Å²) < 4.78 is 0. The first-order valence-corrected chi connectivity index (χ1v) is 5.45. The number of hydrogen-bond acceptors (Lipinski definition) is 4. The second-order valence-corrected chi connectivity index (χ2v) is 4.33. The first-order valence-electron chi connectivity index (χ1n) is 5.45. The largest absolute Gasteiger partial charge is 0.369 e. The molecule has 0 saturated carbocycles. The first kappa shape index (κ1) is 11.7. The van der Waals surface area contributed by atoms with E-state index in [9.17, 15) is 9.90 Å². The lowest BCUT2D eigenvalue weighted by atomic mass is 10.0. The van der Waals surface area contributed by atoms with Crippen molar-refractivity contribution in [1.82, 2.24) is 9.80 Å². The third kappa shape index (κ3) is 1.91. The minimum Gasteiger partial charge on any atom is -0.369 e. The van der Waals surface area contributed by atoms with Crippen LogP contribution in [-0.4, -0.2) is 41.8 Å². The van der Waals surface area contributed by atoms with E-state index in [0.29, 0.717) is 16.9 Å². The number of aliphatic hydroxyl groups excluding tert-OH is 1. The number of carbonyl (C=O) groups is 1. The Bertz CT molecular complexity index is 480. The van der Waals surface area contributed by atoms with E-state index in [2.05, 4.69) is 0 Å². The average molecular weight is 232 g/mol. The van der Waals surface area contributed by atoms with Crippen LogP contribution < -0.4 is 0 Å². The van der Waals surface area contributed by atoms with Gasteiger partial charge in [0.25, 0.3) is 0 Å². The average Bonchev–Trinajstić information content (AvgIpc) is 2.41. The summed E-state index contributed by atoms with van der Waals surface area (Å²) in [5.74, 6) is 0.617. The molecule has 0 aliphatic carbocycles. The predicted octanol–water partition coefficient (Wildman–Crippen LogP) is 1.21. The molecule has 1 atom stereocenters. The topological polar surface area (TPSA) is 43.8 Å². The maximum absolute atomic E-state index is 12.1. The van der Waals surface area contributed by atoms with Crippen molar-refractivity contribution in [3.8, 4) is 0 Å². The zero-order valence-electron chi connectivity index (χ0n) is 10.2. The van der Waals surface area contributed by atoms with Crippen molar-refractivity contribution in [3.05, 3.63) is 47.3 Å². The summed E-state index contributed by atoms with van der Waals surface area (Å²) in [7, 11) is 5.46. The fourth-order valence-electron chi connectivity index (χ4n) is 2.02. The van der Waals surface area contributed by atoms with Gasteiger partial charge < -0.3 is 14.9 Å². The SMILES string of the molecule is CN(C)C1=CC(=O)c2ccccc2C(O)N1C. The Morgan fingerprint density at radius 2 is 1.94 bits per heavy atom. The highest BCUT2D eigenvalue weighted by Gasteiger charge is 2.26. The second kappa shape index (κ2) is 4.22. The van der Waals surface area contributed by atoms with Gasteiger partial charge in [-0.25, -0.2) is 0 Å². The molecule has 0 amide bonds. The zero-order chi connectivity index (χ0) is 12.6. The summed E-state index contributed by atoms with van der Waals surface area (Å²) >= 11 is 0. The molecule has 0 aromatic heterocycles. The highest BCUT2D eigenvalue weighted by molar-refractivity contribution is 6.06. The molecule has 90 valence electrons. The van der Waals surface area contributed by atoms with Crippen molar-refractivity contribution in [1.29, 1.82) is 0 Å². The van der Waals surface area contributed by atoms with Crippen molar-refractivity contribution in [2.24, 2.45) is 0 Å². The minimum atomic E-state index is -0.800. The number of hydrogen-bond donors (Lipinski definition) is 1. The van der Waals surface area contributed by atoms with E-state index in [1.165, 1.54) is 0 Å². The van der Waals surface area contributed by atoms with E-state index in [-0.39, 0.29) is 5.78 Å². The molecule has 1 aromatic carbocycles. The van der Waals surface area contributed by atoms with Gasteiger partial charge in [-0.05, 0) is 0 Å². The molecule has 2 rings (SSSR count). The standard InChI is InChI=1S/C13H16N2O2/c1-14(2)12-8-11(16)9-6-4-5-7-10(9)13(17)15(12)3/h4-8,13,17H,1-3H3. The lowest BCUT2D eigenvalue weighted by Crippen LogP contribution is -2.30. The fourth-order valence-corrected chi connectivity index (χ4v) is 2.02. The molecule has 1 aromatic rings. The third-order valence-electron chi connectivity index (χ3n) is 2.95. The van der Waals surface area contributed by atoms with Crippen LogP contribution in [0.5, 0.6) is 0 Å². The van der Waals surface area contributed by atoms with E-state index in [1.807, 2.05) is 25.1 Å². The van der Waals surface area contributed by atoms with Gasteiger partial charge in [0.15, 0.2) is 12.0 Å². The molecule has 1 heterocycles. The molecule has 0 saturated heterocycles. The number of rotatable bonds is 1. The van der Waals surface area contributed by atoms with Crippen LogP contribution in [0.25, 0.3) is 0 Å². The number of carbonyl (C=O) groups excluding carboxylic acids is 1. The van der Waals surface area contributed by atoms with Gasteiger partial charge in [-0.1, -0.05) is 24.3 Å². The van der Waals surface area contributed by atoms with Crippen molar-refractivity contribution in [2.75, 3.05) is 21.1 Å². The number of ketones is 1. The van der Waals surface area contributed by atoms with Crippen LogP contribution in [-0.2, 0) is 0 Å². The van der Waals surface area contributed by atoms with Crippen molar-refractivity contribution in [3.63, 3.8) is 0 Å².